The molecule has 0 bridgehead atoms. The normalized spacial score (nSPS) is 39.5. The Hall–Kier alpha value is -3.29. The summed E-state index contributed by atoms with van der Waals surface area (Å²) in [5.74, 6) is -3.47. The molecule has 0 unspecified atom stereocenters. The number of hydrogen-bond acceptors (Lipinski definition) is 17. The number of hydrogen-bond donors (Lipinski definition) is 2. The number of cyclic esters (lactones) is 1. The lowest BCUT2D eigenvalue weighted by Crippen LogP contribution is -2.66. The van der Waals surface area contributed by atoms with E-state index in [0.29, 0.717) is 12.7 Å². The largest absolute Gasteiger partial charge is 0.462 e. The maximum absolute atomic E-state index is 13.4. The van der Waals surface area contributed by atoms with Crippen LogP contribution in [-0.4, -0.2) is 152 Å². The molecular weight excluding hydrogens is 786 g/mol. The molecule has 60 heavy (non-hydrogen) atoms. The molecule has 342 valence electrons. The molecule has 2 fully saturated rings. The van der Waals surface area contributed by atoms with Gasteiger partial charge in [-0.2, -0.15) is 0 Å². The third-order valence-corrected chi connectivity index (χ3v) is 11.2. The predicted molar refractivity (Wildman–Crippen MR) is 215 cm³/mol. The van der Waals surface area contributed by atoms with Crippen molar-refractivity contribution in [3.05, 3.63) is 24.3 Å². The van der Waals surface area contributed by atoms with Gasteiger partial charge in [0.15, 0.2) is 24.3 Å². The van der Waals surface area contributed by atoms with Crippen molar-refractivity contribution in [2.75, 3.05) is 21.2 Å². The van der Waals surface area contributed by atoms with Gasteiger partial charge in [0.1, 0.15) is 36.8 Å². The minimum absolute atomic E-state index is 0.00996. The van der Waals surface area contributed by atoms with Crippen molar-refractivity contribution in [2.45, 2.75) is 186 Å². The molecule has 3 heterocycles. The summed E-state index contributed by atoms with van der Waals surface area (Å²) in [7, 11) is 4.84. The molecule has 3 rings (SSSR count). The van der Waals surface area contributed by atoms with Gasteiger partial charge in [0.25, 0.3) is 0 Å². The van der Waals surface area contributed by atoms with Gasteiger partial charge in [-0.05, 0) is 60.0 Å². The van der Waals surface area contributed by atoms with Crippen LogP contribution in [0, 0.1) is 11.8 Å². The number of nitrogens with zero attached hydrogens (tertiary/aromatic N) is 1. The minimum Gasteiger partial charge on any atom is -0.462 e. The van der Waals surface area contributed by atoms with Crippen molar-refractivity contribution in [3.8, 4) is 0 Å². The van der Waals surface area contributed by atoms with Crippen LogP contribution in [0.15, 0.2) is 24.3 Å². The molecule has 0 aromatic rings. The molecule has 0 aromatic heterocycles. The van der Waals surface area contributed by atoms with Crippen LogP contribution in [-0.2, 0) is 66.6 Å². The summed E-state index contributed by atoms with van der Waals surface area (Å²) in [6, 6.07) is -0.811. The molecule has 2 saturated heterocycles. The molecule has 2 N–H and O–H groups in total. The highest BCUT2D eigenvalue weighted by Crippen LogP contribution is 2.39. The van der Waals surface area contributed by atoms with Crippen LogP contribution in [0.1, 0.15) is 100 Å². The molecule has 0 aromatic carbocycles. The first-order chi connectivity index (χ1) is 28.3. The smallest absolute Gasteiger partial charge is 0.309 e. The topological polar surface area (TPSA) is 212 Å². The van der Waals surface area contributed by atoms with Crippen molar-refractivity contribution in [1.82, 2.24) is 4.90 Å². The van der Waals surface area contributed by atoms with Crippen molar-refractivity contribution < 1.29 is 76.8 Å². The Morgan fingerprint density at radius 3 is 2.22 bits per heavy atom. The van der Waals surface area contributed by atoms with Crippen molar-refractivity contribution in [3.63, 3.8) is 0 Å². The van der Waals surface area contributed by atoms with Crippen LogP contribution >= 0.6 is 0 Å². The number of aliphatic hydroxyl groups is 2. The number of methoxy groups -OCH3 is 1. The van der Waals surface area contributed by atoms with Gasteiger partial charge in [-0.3, -0.25) is 19.2 Å². The first-order valence-electron chi connectivity index (χ1n) is 21.0. The molecular formula is C43H69NO16. The molecule has 0 amide bonds. The highest BCUT2D eigenvalue weighted by molar-refractivity contribution is 5.73. The zero-order chi connectivity index (χ0) is 44.9. The SMILES string of the molecule is CCC(=O)O[C@@H]1CC(=O)O[C@H](C)C/C=C/C=C/[C@H](O)[C@H](C)C[C@H](CC=O)[C@H](O[C@@H]2O[C@@H](C)[C@@H](O[C@@H]3C[C@@](C)(OC(C)=O)[C@@H](OC(=O)CC)[C@H](C)O3)[C@H](N(C)C)[C@@H]2O)[C@H]1OC. The Balaban J connectivity index is 2.04. The second-order valence-electron chi connectivity index (χ2n) is 16.5. The number of carbonyl (C=O) groups is 5. The number of esters is 4. The monoisotopic (exact) mass is 855 g/mol. The summed E-state index contributed by atoms with van der Waals surface area (Å²) in [4.78, 5) is 64.9. The van der Waals surface area contributed by atoms with Crippen LogP contribution in [0.25, 0.3) is 0 Å². The number of likely N-dealkylation sites (N-methyl/N-ethyl adjacent to an activating group) is 1. The summed E-state index contributed by atoms with van der Waals surface area (Å²) in [6.07, 6.45) is -4.41. The van der Waals surface area contributed by atoms with E-state index < -0.39 is 127 Å². The summed E-state index contributed by atoms with van der Waals surface area (Å²) >= 11 is 0. The summed E-state index contributed by atoms with van der Waals surface area (Å²) < 4.78 is 54.8. The number of aliphatic hydroxyl groups excluding tert-OH is 2. The van der Waals surface area contributed by atoms with Gasteiger partial charge in [-0.1, -0.05) is 45.1 Å². The second-order valence-corrected chi connectivity index (χ2v) is 16.5. The fraction of sp³-hybridized carbons (Fsp3) is 0.791. The van der Waals surface area contributed by atoms with E-state index in [0.717, 1.165) is 0 Å². The highest BCUT2D eigenvalue weighted by Gasteiger charge is 2.54. The zero-order valence-corrected chi connectivity index (χ0v) is 37.1. The van der Waals surface area contributed by atoms with E-state index in [2.05, 4.69) is 0 Å². The Kier molecular flexibility index (Phi) is 20.3. The maximum atomic E-state index is 13.4. The molecule has 17 nitrogen and oxygen atoms in total. The third kappa shape index (κ3) is 14.1. The van der Waals surface area contributed by atoms with Gasteiger partial charge in [0.05, 0.1) is 36.9 Å². The lowest BCUT2D eigenvalue weighted by Gasteiger charge is -2.50. The Morgan fingerprint density at radius 2 is 1.62 bits per heavy atom. The van der Waals surface area contributed by atoms with Crippen LogP contribution in [0.5, 0.6) is 0 Å². The summed E-state index contributed by atoms with van der Waals surface area (Å²) in [5.41, 5.74) is -1.32. The number of carbonyl (C=O) groups excluding carboxylic acids is 5. The van der Waals surface area contributed by atoms with Gasteiger partial charge in [0, 0.05) is 46.1 Å². The average Bonchev–Trinajstić information content (AvgIpc) is 3.16. The van der Waals surface area contributed by atoms with Crippen LogP contribution in [0.4, 0.5) is 0 Å². The van der Waals surface area contributed by atoms with Crippen molar-refractivity contribution in [2.24, 2.45) is 11.8 Å². The Morgan fingerprint density at radius 1 is 0.950 bits per heavy atom. The van der Waals surface area contributed by atoms with E-state index >= 15 is 0 Å². The molecule has 0 spiro atoms. The van der Waals surface area contributed by atoms with E-state index in [9.17, 15) is 34.2 Å². The third-order valence-electron chi connectivity index (χ3n) is 11.2. The maximum Gasteiger partial charge on any atom is 0.309 e. The van der Waals surface area contributed by atoms with Crippen molar-refractivity contribution >= 4 is 30.2 Å². The molecule has 3 aliphatic rings. The van der Waals surface area contributed by atoms with Crippen molar-refractivity contribution in [1.29, 1.82) is 0 Å². The fourth-order valence-electron chi connectivity index (χ4n) is 8.23. The van der Waals surface area contributed by atoms with Gasteiger partial charge in [-0.15, -0.1) is 0 Å². The molecule has 16 atom stereocenters. The first-order valence-corrected chi connectivity index (χ1v) is 21.0. The molecule has 17 heteroatoms. The molecule has 0 saturated carbocycles. The van der Waals surface area contributed by atoms with Crippen LogP contribution < -0.4 is 0 Å². The van der Waals surface area contributed by atoms with Gasteiger partial charge in [-0.25, -0.2) is 0 Å². The van der Waals surface area contributed by atoms with Gasteiger partial charge in [0.2, 0.25) is 0 Å². The highest BCUT2D eigenvalue weighted by atomic mass is 16.7. The van der Waals surface area contributed by atoms with E-state index in [1.165, 1.54) is 14.0 Å². The lowest BCUT2D eigenvalue weighted by molar-refractivity contribution is -0.344. The van der Waals surface area contributed by atoms with Crippen LogP contribution in [0.2, 0.25) is 0 Å². The van der Waals surface area contributed by atoms with Gasteiger partial charge < -0.3 is 62.5 Å². The predicted octanol–water partition coefficient (Wildman–Crippen LogP) is 3.34. The quantitative estimate of drug-likeness (QED) is 0.155. The number of ether oxygens (including phenoxy) is 9. The second kappa shape index (κ2) is 23.8. The standard InChI is InChI=1S/C43H69NO16/c1-12-32(48)56-31-22-34(50)53-25(4)17-15-14-16-18-30(47)24(3)21-29(19-20-45)39(40(31)52-11)59-42-37(51)36(44(9)10)38(26(5)55-42)58-35-23-43(8,60-28(7)46)41(27(6)54-35)57-33(49)13-2/h14-16,18,20,24-27,29-31,35-42,47,51H,12-13,17,19,21-23H2,1-11H3/b15-14+,18-16+/t24-,25-,26+,27+,29+,30+,31-,35-,36-,37+,38-,39+,40+,41+,42+,43-/m1/s1. The number of rotatable bonds is 13. The lowest BCUT2D eigenvalue weighted by atomic mass is 9.82. The minimum atomic E-state index is -1.42. The fourth-order valence-corrected chi connectivity index (χ4v) is 8.23. The average molecular weight is 856 g/mol. The molecule has 0 aliphatic carbocycles. The van der Waals surface area contributed by atoms with Gasteiger partial charge >= 0.3 is 23.9 Å². The molecule has 3 aliphatic heterocycles. The Labute approximate surface area is 354 Å². The van der Waals surface area contributed by atoms with E-state index in [1.54, 1.807) is 84.8 Å². The van der Waals surface area contributed by atoms with Crippen LogP contribution in [0.3, 0.4) is 0 Å². The number of allylic oxidation sites excluding steroid dienone is 2. The van der Waals surface area contributed by atoms with E-state index in [4.69, 9.17) is 42.6 Å². The zero-order valence-electron chi connectivity index (χ0n) is 37.1. The number of aldehydes is 1. The molecule has 0 radical (unpaired) electrons. The summed E-state index contributed by atoms with van der Waals surface area (Å²) in [5, 5.41) is 23.3. The summed E-state index contributed by atoms with van der Waals surface area (Å²) in [6.45, 7) is 13.1. The van der Waals surface area contributed by atoms with E-state index in [1.807, 2.05) is 6.92 Å². The first kappa shape index (κ1) is 51.1. The Bertz CT molecular complexity index is 1470. The van der Waals surface area contributed by atoms with E-state index in [-0.39, 0.29) is 32.1 Å².